The van der Waals surface area contributed by atoms with Gasteiger partial charge in [-0.1, -0.05) is 0 Å². The van der Waals surface area contributed by atoms with Crippen LogP contribution in [0, 0.1) is 0 Å². The topological polar surface area (TPSA) is 236 Å². The molecule has 0 unspecified atom stereocenters. The lowest BCUT2D eigenvalue weighted by Crippen LogP contribution is -1.97. The fraction of sp³-hybridized carbons (Fsp3) is 0. The summed E-state index contributed by atoms with van der Waals surface area (Å²) >= 11 is 0. The Bertz CT molecular complexity index is 1360. The summed E-state index contributed by atoms with van der Waals surface area (Å²) in [5, 5.41) is 15.8. The number of rotatable bonds is 6. The standard InChI is InChI=1S/C18H17N7O6S2/c19-14-9-15(20)18(25-23-11-3-7-13(8-4-11)33(29,30)31)16(21)17(14)24-22-10-1-5-12(6-2-10)32(26,27)28/h1-9H,19-21H2,(H,26,27,28)(H,29,30,31). The molecule has 0 amide bonds. The number of hydrogen-bond acceptors (Lipinski definition) is 11. The fourth-order valence-corrected chi connectivity index (χ4v) is 3.50. The molecule has 0 saturated carbocycles. The van der Waals surface area contributed by atoms with Gasteiger partial charge in [0.15, 0.2) is 0 Å². The molecular formula is C18H17N7O6S2. The molecule has 8 N–H and O–H groups in total. The van der Waals surface area contributed by atoms with Crippen molar-refractivity contribution in [3.05, 3.63) is 54.6 Å². The molecule has 3 aromatic rings. The minimum atomic E-state index is -4.34. The molecule has 0 aromatic heterocycles. The molecule has 15 heteroatoms. The van der Waals surface area contributed by atoms with Crippen molar-refractivity contribution in [3.63, 3.8) is 0 Å². The van der Waals surface area contributed by atoms with Crippen molar-refractivity contribution in [2.45, 2.75) is 9.79 Å². The first kappa shape index (κ1) is 23.7. The van der Waals surface area contributed by atoms with Crippen LogP contribution in [0.3, 0.4) is 0 Å². The highest BCUT2D eigenvalue weighted by atomic mass is 32.2. The number of anilines is 3. The van der Waals surface area contributed by atoms with Gasteiger partial charge in [0.1, 0.15) is 11.4 Å². The van der Waals surface area contributed by atoms with Crippen molar-refractivity contribution in [2.75, 3.05) is 17.2 Å². The third kappa shape index (κ3) is 5.66. The predicted octanol–water partition coefficient (Wildman–Crippen LogP) is 3.76. The van der Waals surface area contributed by atoms with E-state index in [0.29, 0.717) is 0 Å². The van der Waals surface area contributed by atoms with Crippen LogP contribution in [0.2, 0.25) is 0 Å². The Morgan fingerprint density at radius 3 is 1.21 bits per heavy atom. The van der Waals surface area contributed by atoms with E-state index in [1.165, 1.54) is 30.3 Å². The molecule has 13 nitrogen and oxygen atoms in total. The van der Waals surface area contributed by atoms with Gasteiger partial charge in [0.25, 0.3) is 20.2 Å². The van der Waals surface area contributed by atoms with E-state index in [0.717, 1.165) is 24.3 Å². The molecule has 3 aromatic carbocycles. The van der Waals surface area contributed by atoms with E-state index in [2.05, 4.69) is 20.5 Å². The third-order valence-electron chi connectivity index (χ3n) is 4.17. The first-order valence-electron chi connectivity index (χ1n) is 8.82. The maximum absolute atomic E-state index is 11.1. The summed E-state index contributed by atoms with van der Waals surface area (Å²) < 4.78 is 62.5. The van der Waals surface area contributed by atoms with E-state index >= 15 is 0 Å². The highest BCUT2D eigenvalue weighted by molar-refractivity contribution is 7.86. The van der Waals surface area contributed by atoms with Crippen molar-refractivity contribution >= 4 is 60.0 Å². The predicted molar refractivity (Wildman–Crippen MR) is 121 cm³/mol. The van der Waals surface area contributed by atoms with Gasteiger partial charge in [-0.05, 0) is 54.6 Å². The zero-order chi connectivity index (χ0) is 24.4. The molecule has 0 bridgehead atoms. The van der Waals surface area contributed by atoms with E-state index in [1.807, 2.05) is 0 Å². The van der Waals surface area contributed by atoms with Crippen molar-refractivity contribution < 1.29 is 25.9 Å². The quantitative estimate of drug-likeness (QED) is 0.191. The molecule has 0 radical (unpaired) electrons. The minimum Gasteiger partial charge on any atom is -0.397 e. The van der Waals surface area contributed by atoms with E-state index in [-0.39, 0.29) is 49.6 Å². The van der Waals surface area contributed by atoms with Crippen molar-refractivity contribution in [3.8, 4) is 0 Å². The van der Waals surface area contributed by atoms with Crippen molar-refractivity contribution in [2.24, 2.45) is 20.5 Å². The number of nitrogens with zero attached hydrogens (tertiary/aromatic N) is 4. The zero-order valence-electron chi connectivity index (χ0n) is 16.6. The Hall–Kier alpha value is -3.92. The van der Waals surface area contributed by atoms with E-state index in [9.17, 15) is 16.8 Å². The van der Waals surface area contributed by atoms with Crippen LogP contribution in [-0.4, -0.2) is 25.9 Å². The van der Waals surface area contributed by atoms with Crippen LogP contribution in [0.5, 0.6) is 0 Å². The van der Waals surface area contributed by atoms with Crippen LogP contribution in [0.1, 0.15) is 0 Å². The summed E-state index contributed by atoms with van der Waals surface area (Å²) in [6.45, 7) is 0. The molecule has 0 saturated heterocycles. The number of nitrogen functional groups attached to an aromatic ring is 3. The Balaban J connectivity index is 1.91. The summed E-state index contributed by atoms with van der Waals surface area (Å²) in [6, 6.07) is 11.2. The summed E-state index contributed by atoms with van der Waals surface area (Å²) in [4.78, 5) is -0.611. The van der Waals surface area contributed by atoms with Gasteiger partial charge in [-0.2, -0.15) is 27.1 Å². The van der Waals surface area contributed by atoms with Crippen molar-refractivity contribution in [1.29, 1.82) is 0 Å². The second-order valence-corrected chi connectivity index (χ2v) is 9.35. The van der Waals surface area contributed by atoms with Gasteiger partial charge in [-0.25, -0.2) is 0 Å². The highest BCUT2D eigenvalue weighted by Gasteiger charge is 2.14. The lowest BCUT2D eigenvalue weighted by atomic mass is 10.2. The van der Waals surface area contributed by atoms with Gasteiger partial charge in [-0.3, -0.25) is 9.11 Å². The summed E-state index contributed by atoms with van der Waals surface area (Å²) in [5.41, 5.74) is 18.7. The minimum absolute atomic E-state index is 0.0379. The van der Waals surface area contributed by atoms with Crippen LogP contribution in [-0.2, 0) is 20.2 Å². The molecule has 0 aliphatic carbocycles. The van der Waals surface area contributed by atoms with Crippen LogP contribution >= 0.6 is 0 Å². The number of nitrogens with two attached hydrogens (primary N) is 3. The lowest BCUT2D eigenvalue weighted by molar-refractivity contribution is 0.481. The Morgan fingerprint density at radius 1 is 0.576 bits per heavy atom. The lowest BCUT2D eigenvalue weighted by Gasteiger charge is -2.09. The monoisotopic (exact) mass is 491 g/mol. The molecule has 0 aliphatic rings. The smallest absolute Gasteiger partial charge is 0.294 e. The van der Waals surface area contributed by atoms with Gasteiger partial charge in [-0.15, -0.1) is 10.2 Å². The zero-order valence-corrected chi connectivity index (χ0v) is 18.2. The van der Waals surface area contributed by atoms with Gasteiger partial charge < -0.3 is 17.2 Å². The van der Waals surface area contributed by atoms with Crippen molar-refractivity contribution in [1.82, 2.24) is 0 Å². The molecule has 0 spiro atoms. The first-order chi connectivity index (χ1) is 15.4. The van der Waals surface area contributed by atoms with Gasteiger partial charge in [0.05, 0.1) is 38.2 Å². The van der Waals surface area contributed by atoms with E-state index in [1.54, 1.807) is 0 Å². The summed E-state index contributed by atoms with van der Waals surface area (Å²) in [7, 11) is -8.68. The molecule has 0 heterocycles. The Labute approximate surface area is 188 Å². The molecule has 0 aliphatic heterocycles. The van der Waals surface area contributed by atoms with Crippen LogP contribution in [0.15, 0.2) is 84.8 Å². The average Bonchev–Trinajstić information content (AvgIpc) is 2.72. The molecule has 3 rings (SSSR count). The molecule has 0 atom stereocenters. The highest BCUT2D eigenvalue weighted by Crippen LogP contribution is 2.43. The Kier molecular flexibility index (Phi) is 6.41. The van der Waals surface area contributed by atoms with Gasteiger partial charge >= 0.3 is 0 Å². The number of azo groups is 2. The van der Waals surface area contributed by atoms with E-state index in [4.69, 9.17) is 26.3 Å². The van der Waals surface area contributed by atoms with Gasteiger partial charge in [0.2, 0.25) is 0 Å². The average molecular weight is 492 g/mol. The second kappa shape index (κ2) is 8.91. The second-order valence-electron chi connectivity index (χ2n) is 6.50. The molecule has 0 fully saturated rings. The van der Waals surface area contributed by atoms with E-state index < -0.39 is 20.2 Å². The third-order valence-corrected chi connectivity index (χ3v) is 5.90. The number of hydrogen-bond donors (Lipinski definition) is 5. The first-order valence-corrected chi connectivity index (χ1v) is 11.7. The van der Waals surface area contributed by atoms with Crippen LogP contribution in [0.25, 0.3) is 0 Å². The Morgan fingerprint density at radius 2 is 0.909 bits per heavy atom. The summed E-state index contributed by atoms with van der Waals surface area (Å²) in [5.74, 6) is 0. The fourth-order valence-electron chi connectivity index (χ4n) is 2.54. The van der Waals surface area contributed by atoms with Crippen LogP contribution in [0.4, 0.5) is 39.8 Å². The van der Waals surface area contributed by atoms with Crippen LogP contribution < -0.4 is 17.2 Å². The van der Waals surface area contributed by atoms with Gasteiger partial charge in [0, 0.05) is 0 Å². The molecule has 33 heavy (non-hydrogen) atoms. The summed E-state index contributed by atoms with van der Waals surface area (Å²) in [6.07, 6.45) is 0. The SMILES string of the molecule is Nc1cc(N)c(N=Nc2ccc(S(=O)(=O)O)cc2)c(N)c1N=Nc1ccc(S(=O)(=O)O)cc1. The molecular weight excluding hydrogens is 474 g/mol. The maximum Gasteiger partial charge on any atom is 0.294 e. The maximum atomic E-state index is 11.1. The largest absolute Gasteiger partial charge is 0.397 e. The normalized spacial score (nSPS) is 12.5. The molecule has 172 valence electrons. The number of benzene rings is 3.